The van der Waals surface area contributed by atoms with Gasteiger partial charge >= 0.3 is 0 Å². The molecule has 8 nitrogen and oxygen atoms in total. The summed E-state index contributed by atoms with van der Waals surface area (Å²) >= 11 is 0. The fourth-order valence-electron chi connectivity index (χ4n) is 2.84. The molecule has 0 spiro atoms. The van der Waals surface area contributed by atoms with Crippen LogP contribution in [-0.4, -0.2) is 53.2 Å². The molecule has 0 aromatic carbocycles. The number of aromatic nitrogens is 3. The molecule has 1 fully saturated rings. The molecule has 1 amide bonds. The molecular formula is C15H21Cl2N5O3S. The fourth-order valence-corrected chi connectivity index (χ4v) is 4.18. The highest BCUT2D eigenvalue weighted by molar-refractivity contribution is 7.92. The Morgan fingerprint density at radius 2 is 1.96 bits per heavy atom. The van der Waals surface area contributed by atoms with Gasteiger partial charge in [0, 0.05) is 18.6 Å². The van der Waals surface area contributed by atoms with E-state index in [4.69, 9.17) is 0 Å². The maximum Gasteiger partial charge on any atom is 0.245 e. The van der Waals surface area contributed by atoms with Crippen LogP contribution in [0.2, 0.25) is 0 Å². The second-order valence-electron chi connectivity index (χ2n) is 5.83. The van der Waals surface area contributed by atoms with Gasteiger partial charge in [0.05, 0.1) is 11.9 Å². The SMILES string of the molecule is CS(=O)(=O)C1(C(=O)Nc2ccc(-n3cccn3)nc2)CCNCC1.Cl.Cl. The van der Waals surface area contributed by atoms with Crippen molar-refractivity contribution in [1.29, 1.82) is 0 Å². The number of carbonyl (C=O) groups excluding carboxylic acids is 1. The minimum absolute atomic E-state index is 0. The van der Waals surface area contributed by atoms with E-state index in [1.165, 1.54) is 6.20 Å². The first-order valence-electron chi connectivity index (χ1n) is 7.60. The van der Waals surface area contributed by atoms with Crippen molar-refractivity contribution in [3.05, 3.63) is 36.8 Å². The maximum atomic E-state index is 12.7. The van der Waals surface area contributed by atoms with Crippen LogP contribution >= 0.6 is 24.8 Å². The normalized spacial score (nSPS) is 16.0. The summed E-state index contributed by atoms with van der Waals surface area (Å²) in [7, 11) is -3.54. The Morgan fingerprint density at radius 3 is 2.46 bits per heavy atom. The molecule has 1 saturated heterocycles. The molecule has 1 aliphatic rings. The van der Waals surface area contributed by atoms with Crippen molar-refractivity contribution in [3.8, 4) is 5.82 Å². The van der Waals surface area contributed by atoms with Crippen LogP contribution in [0.15, 0.2) is 36.8 Å². The van der Waals surface area contributed by atoms with Crippen LogP contribution in [-0.2, 0) is 14.6 Å². The van der Waals surface area contributed by atoms with Crippen LogP contribution in [0.4, 0.5) is 5.69 Å². The third kappa shape index (κ3) is 4.35. The highest BCUT2D eigenvalue weighted by atomic mass is 35.5. The lowest BCUT2D eigenvalue weighted by Gasteiger charge is -2.34. The van der Waals surface area contributed by atoms with E-state index in [1.54, 1.807) is 35.3 Å². The minimum Gasteiger partial charge on any atom is -0.323 e. The number of halogens is 2. The monoisotopic (exact) mass is 421 g/mol. The summed E-state index contributed by atoms with van der Waals surface area (Å²) in [6, 6.07) is 5.17. The molecule has 2 N–H and O–H groups in total. The zero-order valence-electron chi connectivity index (χ0n) is 14.1. The van der Waals surface area contributed by atoms with Crippen LogP contribution in [0, 0.1) is 0 Å². The molecule has 0 radical (unpaired) electrons. The molecule has 11 heteroatoms. The summed E-state index contributed by atoms with van der Waals surface area (Å²) in [6.07, 6.45) is 6.54. The Bertz CT molecular complexity index is 819. The van der Waals surface area contributed by atoms with E-state index in [9.17, 15) is 13.2 Å². The first-order valence-corrected chi connectivity index (χ1v) is 9.49. The van der Waals surface area contributed by atoms with Crippen LogP contribution in [0.1, 0.15) is 12.8 Å². The number of piperidine rings is 1. The Kier molecular flexibility index (Phi) is 7.57. The second kappa shape index (κ2) is 8.81. The molecule has 2 aromatic heterocycles. The maximum absolute atomic E-state index is 12.7. The lowest BCUT2D eigenvalue weighted by molar-refractivity contribution is -0.119. The van der Waals surface area contributed by atoms with E-state index in [-0.39, 0.29) is 37.7 Å². The molecular weight excluding hydrogens is 401 g/mol. The van der Waals surface area contributed by atoms with Crippen molar-refractivity contribution in [3.63, 3.8) is 0 Å². The highest BCUT2D eigenvalue weighted by Crippen LogP contribution is 2.29. The lowest BCUT2D eigenvalue weighted by Crippen LogP contribution is -2.55. The van der Waals surface area contributed by atoms with Gasteiger partial charge in [0.15, 0.2) is 20.4 Å². The topological polar surface area (TPSA) is 106 Å². The Balaban J connectivity index is 0.00000169. The number of rotatable bonds is 4. The van der Waals surface area contributed by atoms with Gasteiger partial charge in [0.1, 0.15) is 0 Å². The van der Waals surface area contributed by atoms with Crippen molar-refractivity contribution >= 4 is 46.2 Å². The molecule has 0 bridgehead atoms. The predicted octanol–water partition coefficient (Wildman–Crippen LogP) is 1.22. The molecule has 0 saturated carbocycles. The number of anilines is 1. The molecule has 1 aliphatic heterocycles. The third-order valence-corrected chi connectivity index (χ3v) is 6.29. The van der Waals surface area contributed by atoms with Gasteiger partial charge in [-0.3, -0.25) is 4.79 Å². The molecule has 26 heavy (non-hydrogen) atoms. The van der Waals surface area contributed by atoms with E-state index in [2.05, 4.69) is 20.7 Å². The van der Waals surface area contributed by atoms with Crippen LogP contribution < -0.4 is 10.6 Å². The van der Waals surface area contributed by atoms with E-state index in [0.717, 1.165) is 6.26 Å². The first kappa shape index (κ1) is 22.4. The van der Waals surface area contributed by atoms with Gasteiger partial charge in [0.2, 0.25) is 5.91 Å². The number of hydrogen-bond acceptors (Lipinski definition) is 6. The van der Waals surface area contributed by atoms with Crippen molar-refractivity contribution in [2.45, 2.75) is 17.6 Å². The number of pyridine rings is 1. The molecule has 3 heterocycles. The lowest BCUT2D eigenvalue weighted by atomic mass is 9.96. The van der Waals surface area contributed by atoms with Gasteiger partial charge in [0.25, 0.3) is 0 Å². The summed E-state index contributed by atoms with van der Waals surface area (Å²) < 4.78 is 24.7. The molecule has 3 rings (SSSR count). The summed E-state index contributed by atoms with van der Waals surface area (Å²) in [6.45, 7) is 0.994. The summed E-state index contributed by atoms with van der Waals surface area (Å²) in [5, 5.41) is 9.85. The summed E-state index contributed by atoms with van der Waals surface area (Å²) in [4.78, 5) is 16.9. The number of hydrogen-bond donors (Lipinski definition) is 2. The molecule has 0 atom stereocenters. The van der Waals surface area contributed by atoms with E-state index in [1.807, 2.05) is 0 Å². The smallest absolute Gasteiger partial charge is 0.245 e. The highest BCUT2D eigenvalue weighted by Gasteiger charge is 2.48. The number of sulfone groups is 1. The van der Waals surface area contributed by atoms with Crippen LogP contribution in [0.25, 0.3) is 5.82 Å². The van der Waals surface area contributed by atoms with Gasteiger partial charge in [-0.2, -0.15) is 5.10 Å². The molecule has 144 valence electrons. The predicted molar refractivity (Wildman–Crippen MR) is 104 cm³/mol. The zero-order chi connectivity index (χ0) is 17.2. The van der Waals surface area contributed by atoms with Gasteiger partial charge in [-0.25, -0.2) is 18.1 Å². The average Bonchev–Trinajstić information content (AvgIpc) is 3.09. The van der Waals surface area contributed by atoms with Crippen LogP contribution in [0.3, 0.4) is 0 Å². The van der Waals surface area contributed by atoms with Gasteiger partial charge in [-0.05, 0) is 44.1 Å². The fraction of sp³-hybridized carbons (Fsp3) is 0.400. The Morgan fingerprint density at radius 1 is 1.27 bits per heavy atom. The van der Waals surface area contributed by atoms with E-state index >= 15 is 0 Å². The standard InChI is InChI=1S/C15H19N5O3S.2ClH/c1-24(22,23)15(5-8-16-9-6-15)14(21)19-12-3-4-13(17-11-12)20-10-2-7-18-20;;/h2-4,7,10-11,16H,5-6,8-9H2,1H3,(H,19,21);2*1H. The number of nitrogens with zero attached hydrogens (tertiary/aromatic N) is 3. The van der Waals surface area contributed by atoms with Crippen molar-refractivity contribution < 1.29 is 13.2 Å². The molecule has 2 aromatic rings. The zero-order valence-corrected chi connectivity index (χ0v) is 16.5. The Labute approximate surface area is 164 Å². The second-order valence-corrected chi connectivity index (χ2v) is 8.15. The average molecular weight is 422 g/mol. The van der Waals surface area contributed by atoms with Crippen LogP contribution in [0.5, 0.6) is 0 Å². The minimum atomic E-state index is -3.54. The van der Waals surface area contributed by atoms with E-state index in [0.29, 0.717) is 24.6 Å². The number of carbonyl (C=O) groups is 1. The van der Waals surface area contributed by atoms with Gasteiger partial charge in [-0.15, -0.1) is 24.8 Å². The summed E-state index contributed by atoms with van der Waals surface area (Å²) in [5.41, 5.74) is 0.456. The van der Waals surface area contributed by atoms with Gasteiger partial charge in [-0.1, -0.05) is 0 Å². The molecule has 0 aliphatic carbocycles. The molecule has 0 unspecified atom stereocenters. The van der Waals surface area contributed by atoms with Crippen molar-refractivity contribution in [2.75, 3.05) is 24.7 Å². The third-order valence-electron chi connectivity index (χ3n) is 4.28. The summed E-state index contributed by atoms with van der Waals surface area (Å²) in [5.74, 6) is 0.109. The number of amides is 1. The van der Waals surface area contributed by atoms with Gasteiger partial charge < -0.3 is 10.6 Å². The van der Waals surface area contributed by atoms with Crippen molar-refractivity contribution in [1.82, 2.24) is 20.1 Å². The van der Waals surface area contributed by atoms with E-state index < -0.39 is 20.5 Å². The first-order chi connectivity index (χ1) is 11.4. The number of nitrogens with one attached hydrogen (secondary N) is 2. The largest absolute Gasteiger partial charge is 0.323 e. The van der Waals surface area contributed by atoms with Crippen molar-refractivity contribution in [2.24, 2.45) is 0 Å². The quantitative estimate of drug-likeness (QED) is 0.768. The Hall–Kier alpha value is -1.68.